The van der Waals surface area contributed by atoms with E-state index in [0.29, 0.717) is 25.4 Å². The molecule has 3 rings (SSSR count). The van der Waals surface area contributed by atoms with E-state index in [-0.39, 0.29) is 17.7 Å². The van der Waals surface area contributed by atoms with E-state index < -0.39 is 0 Å². The topological polar surface area (TPSA) is 80.4 Å². The van der Waals surface area contributed by atoms with Crippen molar-refractivity contribution in [1.82, 2.24) is 19.8 Å². The molecule has 7 nitrogen and oxygen atoms in total. The summed E-state index contributed by atoms with van der Waals surface area (Å²) in [6, 6.07) is 3.35. The number of likely N-dealkylation sites (tertiary alicyclic amines) is 1. The van der Waals surface area contributed by atoms with Crippen LogP contribution in [-0.4, -0.2) is 45.9 Å². The van der Waals surface area contributed by atoms with Crippen LogP contribution in [0, 0.1) is 5.92 Å². The highest BCUT2D eigenvalue weighted by Crippen LogP contribution is 2.19. The monoisotopic (exact) mass is 330 g/mol. The van der Waals surface area contributed by atoms with Crippen LogP contribution in [-0.2, 0) is 11.3 Å². The average molecular weight is 330 g/mol. The van der Waals surface area contributed by atoms with Crippen LogP contribution in [0.15, 0.2) is 41.5 Å². The number of hydrogen-bond acceptors (Lipinski definition) is 4. The van der Waals surface area contributed by atoms with Gasteiger partial charge >= 0.3 is 0 Å². The number of imidazole rings is 1. The molecule has 128 valence electrons. The lowest BCUT2D eigenvalue weighted by Crippen LogP contribution is -2.45. The van der Waals surface area contributed by atoms with Crippen molar-refractivity contribution in [1.29, 1.82) is 0 Å². The fourth-order valence-corrected chi connectivity index (χ4v) is 2.97. The van der Waals surface area contributed by atoms with Crippen molar-refractivity contribution in [2.75, 3.05) is 19.6 Å². The first-order valence-corrected chi connectivity index (χ1v) is 8.30. The molecule has 2 aromatic heterocycles. The van der Waals surface area contributed by atoms with Crippen LogP contribution in [0.4, 0.5) is 0 Å². The summed E-state index contributed by atoms with van der Waals surface area (Å²) in [5, 5.41) is 2.97. The summed E-state index contributed by atoms with van der Waals surface area (Å²) in [6.45, 7) is 2.57. The van der Waals surface area contributed by atoms with Crippen LogP contribution < -0.4 is 5.32 Å². The zero-order chi connectivity index (χ0) is 16.8. The Balaban J connectivity index is 1.43. The molecule has 1 aliphatic heterocycles. The van der Waals surface area contributed by atoms with Gasteiger partial charge < -0.3 is 19.2 Å². The Bertz CT molecular complexity index is 651. The van der Waals surface area contributed by atoms with E-state index in [4.69, 9.17) is 4.42 Å². The first kappa shape index (κ1) is 16.3. The van der Waals surface area contributed by atoms with Crippen molar-refractivity contribution in [2.45, 2.75) is 25.8 Å². The molecule has 0 spiro atoms. The van der Waals surface area contributed by atoms with Crippen molar-refractivity contribution >= 4 is 11.8 Å². The minimum Gasteiger partial charge on any atom is -0.459 e. The van der Waals surface area contributed by atoms with Crippen molar-refractivity contribution < 1.29 is 14.0 Å². The SMILES string of the molecule is O=C(NCCCn1ccnc1)[C@H]1CCCN(C(=O)c2ccco2)C1. The fraction of sp³-hybridized carbons (Fsp3) is 0.471. The second-order valence-corrected chi connectivity index (χ2v) is 6.01. The maximum absolute atomic E-state index is 12.3. The quantitative estimate of drug-likeness (QED) is 0.815. The second kappa shape index (κ2) is 7.81. The number of nitrogens with one attached hydrogen (secondary N) is 1. The Morgan fingerprint density at radius 2 is 2.33 bits per heavy atom. The highest BCUT2D eigenvalue weighted by Gasteiger charge is 2.29. The van der Waals surface area contributed by atoms with Gasteiger partial charge in [-0.15, -0.1) is 0 Å². The number of aromatic nitrogens is 2. The van der Waals surface area contributed by atoms with E-state index >= 15 is 0 Å². The molecule has 2 aromatic rings. The van der Waals surface area contributed by atoms with Crippen LogP contribution in [0.1, 0.15) is 29.8 Å². The number of hydrogen-bond donors (Lipinski definition) is 1. The van der Waals surface area contributed by atoms with E-state index in [2.05, 4.69) is 10.3 Å². The van der Waals surface area contributed by atoms with Gasteiger partial charge in [0, 0.05) is 38.6 Å². The van der Waals surface area contributed by atoms with E-state index in [1.165, 1.54) is 6.26 Å². The molecule has 0 aliphatic carbocycles. The molecule has 2 amide bonds. The van der Waals surface area contributed by atoms with Gasteiger partial charge in [-0.1, -0.05) is 0 Å². The van der Waals surface area contributed by atoms with E-state index in [0.717, 1.165) is 25.8 Å². The minimum absolute atomic E-state index is 0.0255. The molecule has 0 bridgehead atoms. The number of carbonyl (C=O) groups is 2. The van der Waals surface area contributed by atoms with Gasteiger partial charge in [0.05, 0.1) is 18.5 Å². The molecule has 0 aromatic carbocycles. The van der Waals surface area contributed by atoms with Crippen molar-refractivity contribution in [3.05, 3.63) is 42.9 Å². The molecule has 0 saturated carbocycles. The Labute approximate surface area is 140 Å². The molecule has 0 radical (unpaired) electrons. The van der Waals surface area contributed by atoms with Gasteiger partial charge in [-0.05, 0) is 31.4 Å². The first-order valence-electron chi connectivity index (χ1n) is 8.30. The molecule has 1 N–H and O–H groups in total. The Kier molecular flexibility index (Phi) is 5.30. The highest BCUT2D eigenvalue weighted by molar-refractivity contribution is 5.92. The zero-order valence-corrected chi connectivity index (χ0v) is 13.6. The van der Waals surface area contributed by atoms with E-state index in [9.17, 15) is 9.59 Å². The molecule has 0 unspecified atom stereocenters. The number of carbonyl (C=O) groups excluding carboxylic acids is 2. The third-order valence-electron chi connectivity index (χ3n) is 4.26. The predicted octanol–water partition coefficient (Wildman–Crippen LogP) is 1.53. The molecular weight excluding hydrogens is 308 g/mol. The van der Waals surface area contributed by atoms with Crippen LogP contribution in [0.2, 0.25) is 0 Å². The maximum atomic E-state index is 12.3. The van der Waals surface area contributed by atoms with Gasteiger partial charge in [0.25, 0.3) is 5.91 Å². The fourth-order valence-electron chi connectivity index (χ4n) is 2.97. The van der Waals surface area contributed by atoms with Gasteiger partial charge in [-0.3, -0.25) is 9.59 Å². The summed E-state index contributed by atoms with van der Waals surface area (Å²) >= 11 is 0. The third kappa shape index (κ3) is 4.04. The lowest BCUT2D eigenvalue weighted by atomic mass is 9.97. The second-order valence-electron chi connectivity index (χ2n) is 6.01. The summed E-state index contributed by atoms with van der Waals surface area (Å²) in [7, 11) is 0. The predicted molar refractivity (Wildman–Crippen MR) is 87.2 cm³/mol. The molecule has 1 aliphatic rings. The van der Waals surface area contributed by atoms with Gasteiger partial charge in [0.1, 0.15) is 0 Å². The summed E-state index contributed by atoms with van der Waals surface area (Å²) in [5.41, 5.74) is 0. The number of aryl methyl sites for hydroxylation is 1. The standard InChI is InChI=1S/C17H22N4O3/c22-16(19-6-3-8-20-10-7-18-13-20)14-4-1-9-21(12-14)17(23)15-5-2-11-24-15/h2,5,7,10-11,13-14H,1,3-4,6,8-9,12H2,(H,19,22)/t14-/m0/s1. The molecule has 1 saturated heterocycles. The summed E-state index contributed by atoms with van der Waals surface area (Å²) in [6.07, 6.45) is 9.40. The van der Waals surface area contributed by atoms with Crippen molar-refractivity contribution in [3.8, 4) is 0 Å². The van der Waals surface area contributed by atoms with Crippen molar-refractivity contribution in [2.24, 2.45) is 5.92 Å². The van der Waals surface area contributed by atoms with Gasteiger partial charge in [-0.25, -0.2) is 4.98 Å². The number of nitrogens with zero attached hydrogens (tertiary/aromatic N) is 3. The number of furan rings is 1. The van der Waals surface area contributed by atoms with Gasteiger partial charge in [0.2, 0.25) is 5.91 Å². The molecule has 1 atom stereocenters. The molecule has 1 fully saturated rings. The molecule has 3 heterocycles. The summed E-state index contributed by atoms with van der Waals surface area (Å²) in [5.74, 6) is 0.0671. The lowest BCUT2D eigenvalue weighted by molar-refractivity contribution is -0.126. The Morgan fingerprint density at radius 3 is 3.08 bits per heavy atom. The number of amides is 2. The lowest BCUT2D eigenvalue weighted by Gasteiger charge is -2.31. The van der Waals surface area contributed by atoms with Crippen LogP contribution in [0.3, 0.4) is 0 Å². The smallest absolute Gasteiger partial charge is 0.289 e. The molecule has 24 heavy (non-hydrogen) atoms. The molecule has 7 heteroatoms. The largest absolute Gasteiger partial charge is 0.459 e. The van der Waals surface area contributed by atoms with E-state index in [1.807, 2.05) is 10.8 Å². The van der Waals surface area contributed by atoms with Crippen LogP contribution in [0.25, 0.3) is 0 Å². The van der Waals surface area contributed by atoms with E-state index in [1.54, 1.807) is 29.6 Å². The van der Waals surface area contributed by atoms with Crippen LogP contribution >= 0.6 is 0 Å². The van der Waals surface area contributed by atoms with Gasteiger partial charge in [0.15, 0.2) is 5.76 Å². The minimum atomic E-state index is -0.147. The first-order chi connectivity index (χ1) is 11.7. The number of piperidine rings is 1. The maximum Gasteiger partial charge on any atom is 0.289 e. The average Bonchev–Trinajstić information content (AvgIpc) is 3.31. The summed E-state index contributed by atoms with van der Waals surface area (Å²) in [4.78, 5) is 30.3. The third-order valence-corrected chi connectivity index (χ3v) is 4.26. The Hall–Kier alpha value is -2.57. The highest BCUT2D eigenvalue weighted by atomic mass is 16.3. The summed E-state index contributed by atoms with van der Waals surface area (Å²) < 4.78 is 7.14. The van der Waals surface area contributed by atoms with Crippen molar-refractivity contribution in [3.63, 3.8) is 0 Å². The molecular formula is C17H22N4O3. The Morgan fingerprint density at radius 1 is 1.42 bits per heavy atom. The number of rotatable bonds is 6. The van der Waals surface area contributed by atoms with Gasteiger partial charge in [-0.2, -0.15) is 0 Å². The normalized spacial score (nSPS) is 17.7. The zero-order valence-electron chi connectivity index (χ0n) is 13.6. The van der Waals surface area contributed by atoms with Crippen LogP contribution in [0.5, 0.6) is 0 Å².